The zero-order valence-electron chi connectivity index (χ0n) is 8.59. The van der Waals surface area contributed by atoms with Crippen LogP contribution in [0.2, 0.25) is 0 Å². The maximum Gasteiger partial charge on any atom is 0.0756 e. The standard InChI is InChI=1S/C11H21NO/c1-2-3-7-12-10-6-8-13-11(10)9-4-5-9/h9-12H,2-8H2,1H3. The molecule has 0 aromatic rings. The summed E-state index contributed by atoms with van der Waals surface area (Å²) in [6.45, 7) is 4.39. The molecule has 76 valence electrons. The Morgan fingerprint density at radius 2 is 2.15 bits per heavy atom. The highest BCUT2D eigenvalue weighted by molar-refractivity contribution is 4.93. The average Bonchev–Trinajstić information content (AvgIpc) is 2.88. The first-order chi connectivity index (χ1) is 6.42. The van der Waals surface area contributed by atoms with E-state index < -0.39 is 0 Å². The van der Waals surface area contributed by atoms with E-state index in [0.29, 0.717) is 12.1 Å². The van der Waals surface area contributed by atoms with Crippen molar-refractivity contribution in [2.75, 3.05) is 13.2 Å². The maximum atomic E-state index is 5.76. The molecule has 1 N–H and O–H groups in total. The molecule has 1 aliphatic carbocycles. The van der Waals surface area contributed by atoms with Crippen molar-refractivity contribution in [3.05, 3.63) is 0 Å². The number of hydrogen-bond donors (Lipinski definition) is 1. The van der Waals surface area contributed by atoms with Crippen LogP contribution in [0.5, 0.6) is 0 Å². The van der Waals surface area contributed by atoms with E-state index >= 15 is 0 Å². The molecule has 0 bridgehead atoms. The largest absolute Gasteiger partial charge is 0.376 e. The van der Waals surface area contributed by atoms with Gasteiger partial charge in [0.15, 0.2) is 0 Å². The molecule has 1 saturated carbocycles. The molecular weight excluding hydrogens is 162 g/mol. The Kier molecular flexibility index (Phi) is 3.23. The van der Waals surface area contributed by atoms with Crippen LogP contribution < -0.4 is 5.32 Å². The number of hydrogen-bond acceptors (Lipinski definition) is 2. The fourth-order valence-corrected chi connectivity index (χ4v) is 2.18. The third kappa shape index (κ3) is 2.44. The predicted molar refractivity (Wildman–Crippen MR) is 53.8 cm³/mol. The van der Waals surface area contributed by atoms with E-state index in [9.17, 15) is 0 Å². The minimum absolute atomic E-state index is 0.553. The molecule has 0 aromatic heterocycles. The number of nitrogens with one attached hydrogen (secondary N) is 1. The van der Waals surface area contributed by atoms with Gasteiger partial charge in [-0.3, -0.25) is 0 Å². The molecule has 0 spiro atoms. The summed E-state index contributed by atoms with van der Waals surface area (Å²) in [5, 5.41) is 3.63. The second kappa shape index (κ2) is 4.43. The molecule has 13 heavy (non-hydrogen) atoms. The first kappa shape index (κ1) is 9.47. The van der Waals surface area contributed by atoms with E-state index in [4.69, 9.17) is 4.74 Å². The molecule has 2 aliphatic rings. The number of unbranched alkanes of at least 4 members (excludes halogenated alkanes) is 1. The first-order valence-corrected chi connectivity index (χ1v) is 5.77. The lowest BCUT2D eigenvalue weighted by Gasteiger charge is -2.19. The highest BCUT2D eigenvalue weighted by Crippen LogP contribution is 2.38. The van der Waals surface area contributed by atoms with Crippen LogP contribution in [0, 0.1) is 5.92 Å². The van der Waals surface area contributed by atoms with Gasteiger partial charge in [0.1, 0.15) is 0 Å². The smallest absolute Gasteiger partial charge is 0.0756 e. The topological polar surface area (TPSA) is 21.3 Å². The van der Waals surface area contributed by atoms with Crippen molar-refractivity contribution in [3.8, 4) is 0 Å². The Morgan fingerprint density at radius 3 is 2.85 bits per heavy atom. The maximum absolute atomic E-state index is 5.76. The minimum atomic E-state index is 0.553. The highest BCUT2D eigenvalue weighted by atomic mass is 16.5. The Bertz CT molecular complexity index is 156. The van der Waals surface area contributed by atoms with Crippen molar-refractivity contribution in [2.24, 2.45) is 5.92 Å². The van der Waals surface area contributed by atoms with Crippen molar-refractivity contribution < 1.29 is 4.74 Å². The van der Waals surface area contributed by atoms with Gasteiger partial charge in [-0.05, 0) is 38.1 Å². The average molecular weight is 183 g/mol. The summed E-state index contributed by atoms with van der Waals surface area (Å²) in [6.07, 6.45) is 7.16. The van der Waals surface area contributed by atoms with Gasteiger partial charge >= 0.3 is 0 Å². The van der Waals surface area contributed by atoms with Crippen LogP contribution in [0.3, 0.4) is 0 Å². The van der Waals surface area contributed by atoms with Crippen LogP contribution in [-0.4, -0.2) is 25.3 Å². The van der Waals surface area contributed by atoms with Gasteiger partial charge in [0, 0.05) is 12.6 Å². The molecule has 0 aromatic carbocycles. The SMILES string of the molecule is CCCCNC1CCOC1C1CC1. The van der Waals surface area contributed by atoms with Crippen molar-refractivity contribution in [3.63, 3.8) is 0 Å². The number of ether oxygens (including phenoxy) is 1. The molecule has 2 unspecified atom stereocenters. The molecule has 2 atom stereocenters. The Morgan fingerprint density at radius 1 is 1.31 bits per heavy atom. The third-order valence-electron chi connectivity index (χ3n) is 3.16. The molecule has 0 radical (unpaired) electrons. The Labute approximate surface area is 81.0 Å². The quantitative estimate of drug-likeness (QED) is 0.658. The number of rotatable bonds is 5. The van der Waals surface area contributed by atoms with E-state index in [1.807, 2.05) is 0 Å². The fraction of sp³-hybridized carbons (Fsp3) is 1.00. The molecule has 2 heteroatoms. The van der Waals surface area contributed by atoms with Crippen LogP contribution in [0.1, 0.15) is 39.0 Å². The molecule has 1 aliphatic heterocycles. The van der Waals surface area contributed by atoms with Gasteiger partial charge in [-0.15, -0.1) is 0 Å². The van der Waals surface area contributed by atoms with E-state index in [1.165, 1.54) is 38.6 Å². The molecule has 1 heterocycles. The van der Waals surface area contributed by atoms with Crippen LogP contribution in [0.25, 0.3) is 0 Å². The van der Waals surface area contributed by atoms with Gasteiger partial charge < -0.3 is 10.1 Å². The summed E-state index contributed by atoms with van der Waals surface area (Å²) in [5.74, 6) is 0.890. The van der Waals surface area contributed by atoms with Gasteiger partial charge in [-0.25, -0.2) is 0 Å². The van der Waals surface area contributed by atoms with Crippen LogP contribution >= 0.6 is 0 Å². The van der Waals surface area contributed by atoms with Gasteiger partial charge in [-0.2, -0.15) is 0 Å². The lowest BCUT2D eigenvalue weighted by atomic mass is 10.1. The van der Waals surface area contributed by atoms with Crippen molar-refractivity contribution in [1.82, 2.24) is 5.32 Å². The van der Waals surface area contributed by atoms with E-state index in [1.54, 1.807) is 0 Å². The summed E-state index contributed by atoms with van der Waals surface area (Å²) in [7, 11) is 0. The molecule has 2 nitrogen and oxygen atoms in total. The van der Waals surface area contributed by atoms with Gasteiger partial charge in [0.05, 0.1) is 6.10 Å². The zero-order valence-corrected chi connectivity index (χ0v) is 8.59. The normalized spacial score (nSPS) is 33.9. The van der Waals surface area contributed by atoms with Gasteiger partial charge in [0.25, 0.3) is 0 Å². The first-order valence-electron chi connectivity index (χ1n) is 5.77. The Balaban J connectivity index is 1.70. The predicted octanol–water partition coefficient (Wildman–Crippen LogP) is 1.94. The summed E-state index contributed by atoms with van der Waals surface area (Å²) in [6, 6.07) is 0.666. The summed E-state index contributed by atoms with van der Waals surface area (Å²) >= 11 is 0. The second-order valence-electron chi connectivity index (χ2n) is 4.38. The molecule has 2 rings (SSSR count). The van der Waals surface area contributed by atoms with Gasteiger partial charge in [-0.1, -0.05) is 13.3 Å². The zero-order chi connectivity index (χ0) is 9.10. The van der Waals surface area contributed by atoms with Crippen LogP contribution in [0.15, 0.2) is 0 Å². The monoisotopic (exact) mass is 183 g/mol. The van der Waals surface area contributed by atoms with E-state index in [0.717, 1.165) is 12.5 Å². The summed E-state index contributed by atoms with van der Waals surface area (Å²) < 4.78 is 5.76. The van der Waals surface area contributed by atoms with Crippen LogP contribution in [-0.2, 0) is 4.74 Å². The second-order valence-corrected chi connectivity index (χ2v) is 4.38. The highest BCUT2D eigenvalue weighted by Gasteiger charge is 2.40. The molecule has 2 fully saturated rings. The fourth-order valence-electron chi connectivity index (χ4n) is 2.18. The molecule has 0 amide bonds. The summed E-state index contributed by atoms with van der Waals surface area (Å²) in [4.78, 5) is 0. The summed E-state index contributed by atoms with van der Waals surface area (Å²) in [5.41, 5.74) is 0. The van der Waals surface area contributed by atoms with Crippen molar-refractivity contribution in [2.45, 2.75) is 51.2 Å². The van der Waals surface area contributed by atoms with Crippen molar-refractivity contribution >= 4 is 0 Å². The van der Waals surface area contributed by atoms with Gasteiger partial charge in [0.2, 0.25) is 0 Å². The molecular formula is C11H21NO. The minimum Gasteiger partial charge on any atom is -0.376 e. The molecule has 1 saturated heterocycles. The van der Waals surface area contributed by atoms with Crippen LogP contribution in [0.4, 0.5) is 0 Å². The lowest BCUT2D eigenvalue weighted by Crippen LogP contribution is -2.38. The van der Waals surface area contributed by atoms with E-state index in [2.05, 4.69) is 12.2 Å². The third-order valence-corrected chi connectivity index (χ3v) is 3.16. The van der Waals surface area contributed by atoms with Crippen molar-refractivity contribution in [1.29, 1.82) is 0 Å². The van der Waals surface area contributed by atoms with E-state index in [-0.39, 0.29) is 0 Å². The Hall–Kier alpha value is -0.0800. The lowest BCUT2D eigenvalue weighted by molar-refractivity contribution is 0.0812.